The minimum atomic E-state index is -3.67. The van der Waals surface area contributed by atoms with E-state index in [1.807, 2.05) is 0 Å². The van der Waals surface area contributed by atoms with Gasteiger partial charge in [0, 0.05) is 6.04 Å². The van der Waals surface area contributed by atoms with Crippen LogP contribution in [0.4, 0.5) is 0 Å². The maximum atomic E-state index is 12.4. The van der Waals surface area contributed by atoms with E-state index in [4.69, 9.17) is 4.74 Å². The van der Waals surface area contributed by atoms with Gasteiger partial charge in [-0.25, -0.2) is 17.9 Å². The molecule has 1 aromatic rings. The molecule has 4 atom stereocenters. The fourth-order valence-electron chi connectivity index (χ4n) is 3.28. The lowest BCUT2D eigenvalue weighted by Gasteiger charge is -2.35. The molecular weight excluding hydrogens is 368 g/mol. The van der Waals surface area contributed by atoms with E-state index in [2.05, 4.69) is 23.9 Å². The summed E-state index contributed by atoms with van der Waals surface area (Å²) in [6, 6.07) is 5.59. The minimum absolute atomic E-state index is 0.0402. The molecule has 1 aliphatic rings. The van der Waals surface area contributed by atoms with Crippen LogP contribution in [0.5, 0.6) is 0 Å². The van der Waals surface area contributed by atoms with Crippen molar-refractivity contribution in [3.63, 3.8) is 0 Å². The summed E-state index contributed by atoms with van der Waals surface area (Å²) in [5.41, 5.74) is 0.0747. The molecule has 2 rings (SSSR count). The van der Waals surface area contributed by atoms with Gasteiger partial charge in [-0.15, -0.1) is 0 Å². The molecule has 1 saturated carbocycles. The number of hydrogen-bond donors (Lipinski definition) is 2. The van der Waals surface area contributed by atoms with Crippen LogP contribution >= 0.6 is 0 Å². The molecule has 2 N–H and O–H groups in total. The van der Waals surface area contributed by atoms with Gasteiger partial charge in [-0.2, -0.15) is 0 Å². The Kier molecular flexibility index (Phi) is 7.00. The van der Waals surface area contributed by atoms with Crippen molar-refractivity contribution in [1.82, 2.24) is 10.0 Å². The van der Waals surface area contributed by atoms with Crippen molar-refractivity contribution < 1.29 is 22.7 Å². The van der Waals surface area contributed by atoms with Crippen LogP contribution in [0.15, 0.2) is 29.2 Å². The zero-order valence-corrected chi connectivity index (χ0v) is 17.0. The summed E-state index contributed by atoms with van der Waals surface area (Å²) in [7, 11) is -2.38. The monoisotopic (exact) mass is 396 g/mol. The van der Waals surface area contributed by atoms with E-state index in [9.17, 15) is 18.0 Å². The topological polar surface area (TPSA) is 102 Å². The number of amides is 1. The van der Waals surface area contributed by atoms with E-state index in [-0.39, 0.29) is 22.4 Å². The maximum absolute atomic E-state index is 12.4. The molecule has 7 nitrogen and oxygen atoms in total. The molecule has 1 amide bonds. The van der Waals surface area contributed by atoms with Gasteiger partial charge in [0.25, 0.3) is 5.91 Å². The highest BCUT2D eigenvalue weighted by atomic mass is 32.2. The average Bonchev–Trinajstić information content (AvgIpc) is 2.65. The van der Waals surface area contributed by atoms with Crippen molar-refractivity contribution in [1.29, 1.82) is 0 Å². The van der Waals surface area contributed by atoms with E-state index in [1.165, 1.54) is 38.2 Å². The second-order valence-electron chi connectivity index (χ2n) is 7.17. The van der Waals surface area contributed by atoms with Crippen LogP contribution in [-0.2, 0) is 19.6 Å². The summed E-state index contributed by atoms with van der Waals surface area (Å²) in [5, 5.41) is 2.98. The van der Waals surface area contributed by atoms with Crippen LogP contribution in [0.3, 0.4) is 0 Å². The molecule has 0 aromatic heterocycles. The lowest BCUT2D eigenvalue weighted by Crippen LogP contribution is -2.47. The third-order valence-corrected chi connectivity index (χ3v) is 6.75. The molecule has 1 aromatic carbocycles. The average molecular weight is 397 g/mol. The number of ether oxygens (including phenoxy) is 1. The zero-order chi connectivity index (χ0) is 20.2. The quantitative estimate of drug-likeness (QED) is 0.717. The molecule has 8 heteroatoms. The lowest BCUT2D eigenvalue weighted by atomic mass is 9.78. The number of benzene rings is 1. The molecule has 0 bridgehead atoms. The summed E-state index contributed by atoms with van der Waals surface area (Å²) < 4.78 is 31.1. The number of nitrogens with one attached hydrogen (secondary N) is 2. The van der Waals surface area contributed by atoms with E-state index in [0.717, 1.165) is 19.3 Å². The molecule has 27 heavy (non-hydrogen) atoms. The Labute approximate surface area is 160 Å². The predicted molar refractivity (Wildman–Crippen MR) is 102 cm³/mol. The first kappa shape index (κ1) is 21.4. The fraction of sp³-hybridized carbons (Fsp3) is 0.579. The second-order valence-corrected chi connectivity index (χ2v) is 9.05. The first-order valence-electron chi connectivity index (χ1n) is 9.20. The van der Waals surface area contributed by atoms with Crippen molar-refractivity contribution in [2.24, 2.45) is 11.8 Å². The summed E-state index contributed by atoms with van der Waals surface area (Å²) in [6.07, 6.45) is 2.18. The Hall–Kier alpha value is -1.93. The van der Waals surface area contributed by atoms with Gasteiger partial charge in [0.2, 0.25) is 10.0 Å². The second kappa shape index (κ2) is 8.84. The molecule has 0 unspecified atom stereocenters. The lowest BCUT2D eigenvalue weighted by molar-refractivity contribution is -0.130. The molecule has 0 spiro atoms. The Morgan fingerprint density at radius 1 is 1.22 bits per heavy atom. The van der Waals surface area contributed by atoms with Gasteiger partial charge >= 0.3 is 5.97 Å². The fourth-order valence-corrected chi connectivity index (χ4v) is 4.05. The molecule has 0 saturated heterocycles. The number of carbonyl (C=O) groups excluding carboxylic acids is 2. The van der Waals surface area contributed by atoms with E-state index in [1.54, 1.807) is 0 Å². The molecule has 1 aliphatic carbocycles. The van der Waals surface area contributed by atoms with Crippen LogP contribution in [0.25, 0.3) is 0 Å². The number of esters is 1. The van der Waals surface area contributed by atoms with E-state index >= 15 is 0 Å². The molecular formula is C19H28N2O5S. The Bertz CT molecular complexity index is 793. The standard InChI is InChI=1S/C19H28N2O5S/c1-12-7-5-10-17(13(12)2)21-18(22)14(3)26-19(23)15-8-6-9-16(11-15)27(24,25)20-4/h6,8-9,11-14,17,20H,5,7,10H2,1-4H3,(H,21,22)/t12-,13-,14-,17-/m1/s1. The van der Waals surface area contributed by atoms with Crippen molar-refractivity contribution >= 4 is 21.9 Å². The van der Waals surface area contributed by atoms with E-state index < -0.39 is 22.1 Å². The largest absolute Gasteiger partial charge is 0.449 e. The highest BCUT2D eigenvalue weighted by Crippen LogP contribution is 2.29. The number of rotatable bonds is 6. The molecule has 150 valence electrons. The number of sulfonamides is 1. The predicted octanol–water partition coefficient (Wildman–Crippen LogP) is 2.08. The summed E-state index contributed by atoms with van der Waals surface area (Å²) in [4.78, 5) is 24.7. The summed E-state index contributed by atoms with van der Waals surface area (Å²) in [6.45, 7) is 5.82. The highest BCUT2D eigenvalue weighted by molar-refractivity contribution is 7.89. The van der Waals surface area contributed by atoms with Gasteiger partial charge in [-0.05, 0) is 50.4 Å². The molecule has 0 radical (unpaired) electrons. The first-order valence-corrected chi connectivity index (χ1v) is 10.7. The van der Waals surface area contributed by atoms with Crippen LogP contribution < -0.4 is 10.0 Å². The smallest absolute Gasteiger partial charge is 0.338 e. The third-order valence-electron chi connectivity index (χ3n) is 5.34. The van der Waals surface area contributed by atoms with Gasteiger partial charge in [-0.1, -0.05) is 32.8 Å². The van der Waals surface area contributed by atoms with E-state index in [0.29, 0.717) is 11.8 Å². The van der Waals surface area contributed by atoms with Gasteiger partial charge < -0.3 is 10.1 Å². The Balaban J connectivity index is 2.01. The Morgan fingerprint density at radius 3 is 2.59 bits per heavy atom. The maximum Gasteiger partial charge on any atom is 0.338 e. The van der Waals surface area contributed by atoms with Crippen molar-refractivity contribution in [2.75, 3.05) is 7.05 Å². The SMILES string of the molecule is CNS(=O)(=O)c1cccc(C(=O)O[C@H](C)C(=O)N[C@@H]2CCC[C@@H](C)[C@H]2C)c1. The van der Waals surface area contributed by atoms with Gasteiger partial charge in [-0.3, -0.25) is 4.79 Å². The summed E-state index contributed by atoms with van der Waals surface area (Å²) >= 11 is 0. The first-order chi connectivity index (χ1) is 12.7. The normalized spacial score (nSPS) is 24.1. The van der Waals surface area contributed by atoms with Crippen molar-refractivity contribution in [2.45, 2.75) is 57.1 Å². The third kappa shape index (κ3) is 5.29. The zero-order valence-electron chi connectivity index (χ0n) is 16.2. The minimum Gasteiger partial charge on any atom is -0.449 e. The van der Waals surface area contributed by atoms with Crippen LogP contribution in [-0.4, -0.2) is 39.5 Å². The number of hydrogen-bond acceptors (Lipinski definition) is 5. The Morgan fingerprint density at radius 2 is 1.93 bits per heavy atom. The van der Waals surface area contributed by atoms with Gasteiger partial charge in [0.05, 0.1) is 10.5 Å². The molecule has 1 fully saturated rings. The molecule has 0 aliphatic heterocycles. The van der Waals surface area contributed by atoms with Gasteiger partial charge in [0.15, 0.2) is 6.10 Å². The summed E-state index contributed by atoms with van der Waals surface area (Å²) in [5.74, 6) is -0.169. The molecule has 0 heterocycles. The van der Waals surface area contributed by atoms with Gasteiger partial charge in [0.1, 0.15) is 0 Å². The van der Waals surface area contributed by atoms with Crippen LogP contribution in [0, 0.1) is 11.8 Å². The van der Waals surface area contributed by atoms with Crippen LogP contribution in [0.1, 0.15) is 50.4 Å². The van der Waals surface area contributed by atoms with Crippen molar-refractivity contribution in [3.05, 3.63) is 29.8 Å². The highest BCUT2D eigenvalue weighted by Gasteiger charge is 2.30. The van der Waals surface area contributed by atoms with Crippen LogP contribution in [0.2, 0.25) is 0 Å². The van der Waals surface area contributed by atoms with Crippen molar-refractivity contribution in [3.8, 4) is 0 Å². The number of carbonyl (C=O) groups is 2.